The normalized spacial score (nSPS) is 19.1. The quantitative estimate of drug-likeness (QED) is 0.308. The third kappa shape index (κ3) is 6.67. The molecule has 206 valence electrons. The van der Waals surface area contributed by atoms with Crippen molar-refractivity contribution in [3.8, 4) is 0 Å². The molecule has 2 aliphatic rings. The van der Waals surface area contributed by atoms with E-state index in [9.17, 15) is 15.0 Å². The van der Waals surface area contributed by atoms with Gasteiger partial charge in [0, 0.05) is 53.9 Å². The average Bonchev–Trinajstić information content (AvgIpc) is 2.95. The van der Waals surface area contributed by atoms with Crippen LogP contribution in [0.4, 0.5) is 5.69 Å². The smallest absolute Gasteiger partial charge is 0.162 e. The fourth-order valence-electron chi connectivity index (χ4n) is 5.84. The Morgan fingerprint density at radius 3 is 1.64 bits per heavy atom. The summed E-state index contributed by atoms with van der Waals surface area (Å²) < 4.78 is 0. The number of ketones is 1. The van der Waals surface area contributed by atoms with Gasteiger partial charge in [-0.2, -0.15) is 0 Å². The van der Waals surface area contributed by atoms with Gasteiger partial charge in [0.25, 0.3) is 0 Å². The van der Waals surface area contributed by atoms with Gasteiger partial charge >= 0.3 is 0 Å². The number of carbonyl (C=O) groups excluding carboxylic acids is 1. The van der Waals surface area contributed by atoms with E-state index in [0.717, 1.165) is 61.5 Å². The highest BCUT2D eigenvalue weighted by Gasteiger charge is 2.35. The van der Waals surface area contributed by atoms with Crippen molar-refractivity contribution in [2.45, 2.75) is 49.7 Å². The maximum atomic E-state index is 12.8. The number of benzene rings is 3. The summed E-state index contributed by atoms with van der Waals surface area (Å²) in [7, 11) is 0. The lowest BCUT2D eigenvalue weighted by atomic mass is 9.84. The molecule has 39 heavy (non-hydrogen) atoms. The van der Waals surface area contributed by atoms with Crippen LogP contribution in [-0.2, 0) is 11.2 Å². The molecule has 0 unspecified atom stereocenters. The Balaban J connectivity index is 1.06. The van der Waals surface area contributed by atoms with E-state index in [1.807, 2.05) is 72.8 Å². The lowest BCUT2D eigenvalue weighted by Gasteiger charge is -2.39. The van der Waals surface area contributed by atoms with Crippen LogP contribution in [0.5, 0.6) is 0 Å². The maximum absolute atomic E-state index is 12.8. The predicted molar refractivity (Wildman–Crippen MR) is 158 cm³/mol. The van der Waals surface area contributed by atoms with E-state index < -0.39 is 11.2 Å². The fraction of sp³-hybridized carbons (Fsp3) is 0.406. The molecule has 5 nitrogen and oxygen atoms in total. The van der Waals surface area contributed by atoms with Crippen LogP contribution in [0.2, 0.25) is 10.0 Å². The number of Topliss-reactive ketones (excluding diaryl/α,β-unsaturated/α-hetero) is 1. The van der Waals surface area contributed by atoms with Crippen LogP contribution in [0, 0.1) is 0 Å². The summed E-state index contributed by atoms with van der Waals surface area (Å²) in [5.41, 5.74) is 2.01. The van der Waals surface area contributed by atoms with Gasteiger partial charge in [-0.3, -0.25) is 4.79 Å². The first-order valence-corrected chi connectivity index (χ1v) is 14.6. The van der Waals surface area contributed by atoms with Crippen molar-refractivity contribution in [2.24, 2.45) is 0 Å². The molecule has 2 saturated heterocycles. The van der Waals surface area contributed by atoms with Crippen LogP contribution in [0.15, 0.2) is 72.8 Å². The number of aliphatic hydroxyl groups is 2. The Hall–Kier alpha value is -2.41. The van der Waals surface area contributed by atoms with Crippen molar-refractivity contribution in [2.75, 3.05) is 37.6 Å². The summed E-state index contributed by atoms with van der Waals surface area (Å²) in [6.07, 6.45) is 3.95. The molecule has 2 N–H and O–H groups in total. The number of halogens is 2. The summed E-state index contributed by atoms with van der Waals surface area (Å²) in [5, 5.41) is 23.6. The average molecular weight is 568 g/mol. The highest BCUT2D eigenvalue weighted by atomic mass is 35.5. The third-order valence-corrected chi connectivity index (χ3v) is 8.97. The number of likely N-dealkylation sites (tertiary alicyclic amines) is 1. The molecule has 5 rings (SSSR count). The summed E-state index contributed by atoms with van der Waals surface area (Å²) in [6, 6.07) is 22.8. The summed E-state index contributed by atoms with van der Waals surface area (Å²) in [6.45, 7) is 3.96. The Morgan fingerprint density at radius 2 is 1.15 bits per heavy atom. The molecular weight excluding hydrogens is 531 g/mol. The van der Waals surface area contributed by atoms with Crippen LogP contribution in [0.3, 0.4) is 0 Å². The van der Waals surface area contributed by atoms with Gasteiger partial charge in [-0.25, -0.2) is 0 Å². The van der Waals surface area contributed by atoms with Crippen molar-refractivity contribution in [1.82, 2.24) is 4.90 Å². The summed E-state index contributed by atoms with van der Waals surface area (Å²) >= 11 is 12.0. The molecule has 0 aromatic heterocycles. The second-order valence-corrected chi connectivity index (χ2v) is 11.9. The molecular formula is C32H36Cl2N2O3. The maximum Gasteiger partial charge on any atom is 0.162 e. The monoisotopic (exact) mass is 566 g/mol. The van der Waals surface area contributed by atoms with Gasteiger partial charge < -0.3 is 20.0 Å². The lowest BCUT2D eigenvalue weighted by Crippen LogP contribution is -2.42. The topological polar surface area (TPSA) is 64.0 Å². The summed E-state index contributed by atoms with van der Waals surface area (Å²) in [4.78, 5) is 17.4. The standard InChI is InChI=1S/C32H36Cl2N2O3/c33-27-9-5-25(6-10-27)31(38)15-20-35(21-16-31)19-1-2-30(37)24-3-13-29(14-4-24)36-22-17-32(39,18-23-36)26-7-11-28(34)12-8-26/h3-14,38-39H,1-2,15-23H2. The molecule has 0 aliphatic carbocycles. The van der Waals surface area contributed by atoms with Crippen molar-refractivity contribution in [3.05, 3.63) is 99.5 Å². The molecule has 0 saturated carbocycles. The van der Waals surface area contributed by atoms with Gasteiger partial charge in [-0.1, -0.05) is 47.5 Å². The van der Waals surface area contributed by atoms with E-state index in [-0.39, 0.29) is 5.78 Å². The zero-order valence-electron chi connectivity index (χ0n) is 22.2. The SMILES string of the molecule is O=C(CCCN1CCC(O)(c2ccc(Cl)cc2)CC1)c1ccc(N2CCC(O)(c3ccc(Cl)cc3)CC2)cc1. The Labute approximate surface area is 241 Å². The van der Waals surface area contributed by atoms with Crippen LogP contribution in [-0.4, -0.2) is 53.6 Å². The van der Waals surface area contributed by atoms with Gasteiger partial charge in [0.2, 0.25) is 0 Å². The summed E-state index contributed by atoms with van der Waals surface area (Å²) in [5.74, 6) is 0.159. The number of piperidine rings is 2. The highest BCUT2D eigenvalue weighted by molar-refractivity contribution is 6.30. The minimum atomic E-state index is -0.833. The fourth-order valence-corrected chi connectivity index (χ4v) is 6.10. The molecule has 0 amide bonds. The molecule has 0 radical (unpaired) electrons. The van der Waals surface area contributed by atoms with Crippen molar-refractivity contribution in [3.63, 3.8) is 0 Å². The van der Waals surface area contributed by atoms with E-state index in [0.29, 0.717) is 42.1 Å². The molecule has 3 aromatic carbocycles. The first-order valence-electron chi connectivity index (χ1n) is 13.8. The largest absolute Gasteiger partial charge is 0.385 e. The van der Waals surface area contributed by atoms with Gasteiger partial charge in [0.05, 0.1) is 11.2 Å². The van der Waals surface area contributed by atoms with Crippen LogP contribution in [0.25, 0.3) is 0 Å². The first kappa shape index (κ1) is 28.1. The van der Waals surface area contributed by atoms with E-state index >= 15 is 0 Å². The van der Waals surface area contributed by atoms with Crippen molar-refractivity contribution >= 4 is 34.7 Å². The zero-order valence-corrected chi connectivity index (χ0v) is 23.7. The van der Waals surface area contributed by atoms with E-state index in [1.165, 1.54) is 0 Å². The van der Waals surface area contributed by atoms with Crippen LogP contribution < -0.4 is 4.90 Å². The van der Waals surface area contributed by atoms with E-state index in [2.05, 4.69) is 9.80 Å². The second kappa shape index (κ2) is 12.0. The van der Waals surface area contributed by atoms with Crippen molar-refractivity contribution < 1.29 is 15.0 Å². The van der Waals surface area contributed by atoms with Crippen LogP contribution >= 0.6 is 23.2 Å². The Bertz CT molecular complexity index is 1250. The number of nitrogens with zero attached hydrogens (tertiary/aromatic N) is 2. The van der Waals surface area contributed by atoms with Gasteiger partial charge in [0.15, 0.2) is 5.78 Å². The van der Waals surface area contributed by atoms with Crippen molar-refractivity contribution in [1.29, 1.82) is 0 Å². The van der Waals surface area contributed by atoms with Gasteiger partial charge in [-0.15, -0.1) is 0 Å². The number of anilines is 1. The number of carbonyl (C=O) groups is 1. The molecule has 7 heteroatoms. The molecule has 2 fully saturated rings. The van der Waals surface area contributed by atoms with Crippen LogP contribution in [0.1, 0.15) is 60.0 Å². The second-order valence-electron chi connectivity index (χ2n) is 11.0. The molecule has 2 aliphatic heterocycles. The minimum Gasteiger partial charge on any atom is -0.385 e. The molecule has 0 atom stereocenters. The van der Waals surface area contributed by atoms with E-state index in [1.54, 1.807) is 0 Å². The predicted octanol–water partition coefficient (Wildman–Crippen LogP) is 6.43. The third-order valence-electron chi connectivity index (χ3n) is 8.47. The highest BCUT2D eigenvalue weighted by Crippen LogP contribution is 2.36. The first-order chi connectivity index (χ1) is 18.7. The number of hydrogen-bond acceptors (Lipinski definition) is 5. The Kier molecular flexibility index (Phi) is 8.65. The zero-order chi connectivity index (χ0) is 27.5. The molecule has 0 bridgehead atoms. The minimum absolute atomic E-state index is 0.159. The molecule has 0 spiro atoms. The van der Waals surface area contributed by atoms with E-state index in [4.69, 9.17) is 23.2 Å². The lowest BCUT2D eigenvalue weighted by molar-refractivity contribution is -0.0260. The molecule has 3 aromatic rings. The van der Waals surface area contributed by atoms with Gasteiger partial charge in [0.1, 0.15) is 0 Å². The number of hydrogen-bond donors (Lipinski definition) is 2. The Morgan fingerprint density at radius 1 is 0.692 bits per heavy atom. The molecule has 2 heterocycles. The van der Waals surface area contributed by atoms with Gasteiger partial charge in [-0.05, 0) is 98.3 Å². The number of rotatable bonds is 8.